The van der Waals surface area contributed by atoms with Crippen molar-refractivity contribution in [3.8, 4) is 0 Å². The quantitative estimate of drug-likeness (QED) is 0.763. The van der Waals surface area contributed by atoms with E-state index in [4.69, 9.17) is 0 Å². The lowest BCUT2D eigenvalue weighted by atomic mass is 10.1. The first kappa shape index (κ1) is 11.9. The van der Waals surface area contributed by atoms with Gasteiger partial charge in [-0.25, -0.2) is 4.39 Å². The molecule has 0 aliphatic carbocycles. The van der Waals surface area contributed by atoms with Crippen LogP contribution in [0.5, 0.6) is 0 Å². The number of nitrogens with zero attached hydrogens (tertiary/aromatic N) is 1. The molecule has 1 N–H and O–H groups in total. The van der Waals surface area contributed by atoms with Crippen molar-refractivity contribution in [3.05, 3.63) is 71.7 Å². The summed E-state index contributed by atoms with van der Waals surface area (Å²) < 4.78 is 15.0. The number of aliphatic hydroxyl groups is 1. The summed E-state index contributed by atoms with van der Waals surface area (Å²) in [5, 5.41) is 10.3. The van der Waals surface area contributed by atoms with E-state index in [9.17, 15) is 9.50 Å². The van der Waals surface area contributed by atoms with Gasteiger partial charge in [0.15, 0.2) is 0 Å². The monoisotopic (exact) mass is 255 g/mol. The molecule has 1 heterocycles. The highest BCUT2D eigenvalue weighted by molar-refractivity contribution is 5.80. The Labute approximate surface area is 110 Å². The van der Waals surface area contributed by atoms with Crippen molar-refractivity contribution in [2.75, 3.05) is 0 Å². The van der Waals surface area contributed by atoms with E-state index >= 15 is 0 Å². The summed E-state index contributed by atoms with van der Waals surface area (Å²) in [4.78, 5) is 0. The fraction of sp³-hybridized carbons (Fsp3) is 0.125. The summed E-state index contributed by atoms with van der Waals surface area (Å²) >= 11 is 0. The minimum Gasteiger partial charge on any atom is -0.392 e. The van der Waals surface area contributed by atoms with E-state index in [1.807, 2.05) is 30.5 Å². The molecule has 19 heavy (non-hydrogen) atoms. The van der Waals surface area contributed by atoms with E-state index in [2.05, 4.69) is 4.57 Å². The molecule has 3 aromatic rings. The third-order valence-corrected chi connectivity index (χ3v) is 3.29. The molecule has 0 aliphatic heterocycles. The number of halogens is 1. The first-order valence-corrected chi connectivity index (χ1v) is 6.19. The van der Waals surface area contributed by atoms with Crippen molar-refractivity contribution < 1.29 is 9.50 Å². The summed E-state index contributed by atoms with van der Waals surface area (Å²) in [6.45, 7) is 0.732. The van der Waals surface area contributed by atoms with Crippen LogP contribution in [0.25, 0.3) is 10.9 Å². The van der Waals surface area contributed by atoms with Crippen LogP contribution < -0.4 is 0 Å². The van der Waals surface area contributed by atoms with E-state index in [1.54, 1.807) is 12.1 Å². The molecule has 96 valence electrons. The van der Waals surface area contributed by atoms with Crippen molar-refractivity contribution in [2.24, 2.45) is 0 Å². The standard InChI is InChI=1S/C16H14FNO/c17-15-5-2-12(3-6-15)10-18-8-7-14-4-1-13(11-19)9-16(14)18/h1-9,19H,10-11H2. The molecule has 0 atom stereocenters. The number of fused-ring (bicyclic) bond motifs is 1. The van der Waals surface area contributed by atoms with Crippen LogP contribution in [-0.2, 0) is 13.2 Å². The Kier molecular flexibility index (Phi) is 3.05. The van der Waals surface area contributed by atoms with Crippen LogP contribution in [-0.4, -0.2) is 9.67 Å². The molecule has 0 saturated heterocycles. The summed E-state index contributed by atoms with van der Waals surface area (Å²) in [6, 6.07) is 14.5. The van der Waals surface area contributed by atoms with Crippen LogP contribution in [0, 0.1) is 5.82 Å². The summed E-state index contributed by atoms with van der Waals surface area (Å²) in [6.07, 6.45) is 2.01. The number of benzene rings is 2. The summed E-state index contributed by atoms with van der Waals surface area (Å²) in [5.41, 5.74) is 3.02. The minimum absolute atomic E-state index is 0.0394. The van der Waals surface area contributed by atoms with E-state index in [1.165, 1.54) is 12.1 Å². The molecule has 0 unspecified atom stereocenters. The highest BCUT2D eigenvalue weighted by atomic mass is 19.1. The van der Waals surface area contributed by atoms with Crippen molar-refractivity contribution in [3.63, 3.8) is 0 Å². The van der Waals surface area contributed by atoms with Gasteiger partial charge in [-0.2, -0.15) is 0 Å². The van der Waals surface area contributed by atoms with Crippen LogP contribution >= 0.6 is 0 Å². The van der Waals surface area contributed by atoms with Gasteiger partial charge in [0.25, 0.3) is 0 Å². The second-order valence-electron chi connectivity index (χ2n) is 4.62. The van der Waals surface area contributed by atoms with Crippen LogP contribution in [0.2, 0.25) is 0 Å². The average Bonchev–Trinajstić information content (AvgIpc) is 2.84. The number of hydrogen-bond donors (Lipinski definition) is 1. The van der Waals surface area contributed by atoms with Gasteiger partial charge in [-0.1, -0.05) is 24.3 Å². The molecule has 2 aromatic carbocycles. The van der Waals surface area contributed by atoms with Crippen molar-refractivity contribution in [1.82, 2.24) is 4.57 Å². The first-order valence-electron chi connectivity index (χ1n) is 6.19. The molecule has 0 amide bonds. The maximum atomic E-state index is 12.9. The van der Waals surface area contributed by atoms with Crippen LogP contribution in [0.1, 0.15) is 11.1 Å². The molecule has 0 fully saturated rings. The average molecular weight is 255 g/mol. The molecule has 0 saturated carbocycles. The molecule has 1 aromatic heterocycles. The lowest BCUT2D eigenvalue weighted by molar-refractivity contribution is 0.282. The molecule has 0 radical (unpaired) electrons. The summed E-state index contributed by atoms with van der Waals surface area (Å²) in [5.74, 6) is -0.219. The van der Waals surface area contributed by atoms with Gasteiger partial charge in [-0.15, -0.1) is 0 Å². The van der Waals surface area contributed by atoms with Gasteiger partial charge >= 0.3 is 0 Å². The SMILES string of the molecule is OCc1ccc2ccn(Cc3ccc(F)cc3)c2c1. The Hall–Kier alpha value is -2.13. The van der Waals surface area contributed by atoms with E-state index in [0.717, 1.165) is 22.0 Å². The molecular weight excluding hydrogens is 241 g/mol. The third-order valence-electron chi connectivity index (χ3n) is 3.29. The lowest BCUT2D eigenvalue weighted by Gasteiger charge is -2.06. The first-order chi connectivity index (χ1) is 9.26. The molecule has 0 spiro atoms. The molecule has 3 rings (SSSR count). The number of aromatic nitrogens is 1. The largest absolute Gasteiger partial charge is 0.392 e. The maximum Gasteiger partial charge on any atom is 0.123 e. The Balaban J connectivity index is 1.98. The van der Waals surface area contributed by atoms with Crippen molar-refractivity contribution >= 4 is 10.9 Å². The summed E-state index contributed by atoms with van der Waals surface area (Å²) in [7, 11) is 0. The molecule has 0 bridgehead atoms. The second-order valence-corrected chi connectivity index (χ2v) is 4.62. The van der Waals surface area contributed by atoms with Gasteiger partial charge in [0.05, 0.1) is 6.61 Å². The predicted molar refractivity (Wildman–Crippen MR) is 73.4 cm³/mol. The Morgan fingerprint density at radius 1 is 0.947 bits per heavy atom. The highest BCUT2D eigenvalue weighted by Crippen LogP contribution is 2.19. The zero-order valence-corrected chi connectivity index (χ0v) is 10.4. The van der Waals surface area contributed by atoms with Gasteiger partial charge in [0, 0.05) is 18.3 Å². The fourth-order valence-electron chi connectivity index (χ4n) is 2.25. The van der Waals surface area contributed by atoms with Crippen molar-refractivity contribution in [2.45, 2.75) is 13.2 Å². The van der Waals surface area contributed by atoms with Gasteiger partial charge in [0.1, 0.15) is 5.82 Å². The predicted octanol–water partition coefficient (Wildman–Crippen LogP) is 3.32. The Morgan fingerprint density at radius 2 is 1.68 bits per heavy atom. The van der Waals surface area contributed by atoms with Crippen molar-refractivity contribution in [1.29, 1.82) is 0 Å². The zero-order valence-electron chi connectivity index (χ0n) is 10.4. The number of aliphatic hydroxyl groups excluding tert-OH is 1. The second kappa shape index (κ2) is 4.86. The van der Waals surface area contributed by atoms with Gasteiger partial charge in [0.2, 0.25) is 0 Å². The molecule has 2 nitrogen and oxygen atoms in total. The molecule has 0 aliphatic rings. The van der Waals surface area contributed by atoms with E-state index < -0.39 is 0 Å². The highest BCUT2D eigenvalue weighted by Gasteiger charge is 2.03. The Bertz CT molecular complexity index is 700. The smallest absolute Gasteiger partial charge is 0.123 e. The topological polar surface area (TPSA) is 25.2 Å². The van der Waals surface area contributed by atoms with Crippen LogP contribution in [0.4, 0.5) is 4.39 Å². The third kappa shape index (κ3) is 2.37. The van der Waals surface area contributed by atoms with Gasteiger partial charge in [-0.05, 0) is 40.8 Å². The fourth-order valence-corrected chi connectivity index (χ4v) is 2.25. The zero-order chi connectivity index (χ0) is 13.2. The molecule has 3 heteroatoms. The van der Waals surface area contributed by atoms with Gasteiger partial charge < -0.3 is 9.67 Å². The number of hydrogen-bond acceptors (Lipinski definition) is 1. The molecular formula is C16H14FNO. The van der Waals surface area contributed by atoms with Crippen LogP contribution in [0.15, 0.2) is 54.7 Å². The Morgan fingerprint density at radius 3 is 2.42 bits per heavy atom. The van der Waals surface area contributed by atoms with Crippen LogP contribution in [0.3, 0.4) is 0 Å². The minimum atomic E-state index is -0.219. The van der Waals surface area contributed by atoms with E-state index in [0.29, 0.717) is 6.54 Å². The maximum absolute atomic E-state index is 12.9. The lowest BCUT2D eigenvalue weighted by Crippen LogP contribution is -1.98. The van der Waals surface area contributed by atoms with E-state index in [-0.39, 0.29) is 12.4 Å². The van der Waals surface area contributed by atoms with Gasteiger partial charge in [-0.3, -0.25) is 0 Å². The number of rotatable bonds is 3. The normalized spacial score (nSPS) is 11.1.